The molecule has 0 spiro atoms. The van der Waals surface area contributed by atoms with E-state index in [4.69, 9.17) is 0 Å². The van der Waals surface area contributed by atoms with Gasteiger partial charge in [0, 0.05) is 0 Å². The Bertz CT molecular complexity index is 296. The van der Waals surface area contributed by atoms with Crippen molar-refractivity contribution in [2.45, 2.75) is 19.2 Å². The number of imidazole rings is 1. The molecule has 1 atom stereocenters. The first-order valence-corrected chi connectivity index (χ1v) is 4.99. The van der Waals surface area contributed by atoms with Gasteiger partial charge in [-0.2, -0.15) is 0 Å². The SMILES string of the molecule is CCn1cc[n+](C)c1CS(=O)[O-]. The first-order chi connectivity index (χ1) is 5.65. The Kier molecular flexibility index (Phi) is 2.99. The van der Waals surface area contributed by atoms with Crippen molar-refractivity contribution in [1.29, 1.82) is 0 Å². The number of hydrogen-bond donors (Lipinski definition) is 0. The van der Waals surface area contributed by atoms with Crippen molar-refractivity contribution in [2.75, 3.05) is 0 Å². The van der Waals surface area contributed by atoms with Crippen LogP contribution < -0.4 is 4.57 Å². The molecule has 12 heavy (non-hydrogen) atoms. The van der Waals surface area contributed by atoms with Crippen LogP contribution in [0.3, 0.4) is 0 Å². The maximum absolute atomic E-state index is 10.5. The average Bonchev–Trinajstić information content (AvgIpc) is 2.32. The second kappa shape index (κ2) is 3.82. The van der Waals surface area contributed by atoms with Crippen LogP contribution in [0, 0.1) is 0 Å². The standard InChI is InChI=1S/C7H12N2O2S/c1-3-9-5-4-8(2)7(9)6-12(10)11/h4-5H,3,6H2,1-2H3. The van der Waals surface area contributed by atoms with E-state index in [0.29, 0.717) is 0 Å². The molecule has 1 unspecified atom stereocenters. The molecule has 1 rings (SSSR count). The molecular formula is C7H12N2O2S. The highest BCUT2D eigenvalue weighted by Gasteiger charge is 2.12. The molecule has 0 bridgehead atoms. The molecular weight excluding hydrogens is 176 g/mol. The lowest BCUT2D eigenvalue weighted by Crippen LogP contribution is -2.32. The van der Waals surface area contributed by atoms with E-state index in [2.05, 4.69) is 0 Å². The minimum Gasteiger partial charge on any atom is -0.772 e. The third kappa shape index (κ3) is 1.92. The first kappa shape index (κ1) is 9.41. The van der Waals surface area contributed by atoms with E-state index in [0.717, 1.165) is 12.4 Å². The van der Waals surface area contributed by atoms with E-state index in [-0.39, 0.29) is 5.75 Å². The van der Waals surface area contributed by atoms with Crippen LogP contribution in [0.5, 0.6) is 0 Å². The fourth-order valence-corrected chi connectivity index (χ4v) is 1.71. The number of hydrogen-bond acceptors (Lipinski definition) is 2. The van der Waals surface area contributed by atoms with E-state index in [1.54, 1.807) is 0 Å². The Morgan fingerprint density at radius 3 is 2.92 bits per heavy atom. The molecule has 1 aromatic heterocycles. The molecule has 1 heterocycles. The fraction of sp³-hybridized carbons (Fsp3) is 0.571. The smallest absolute Gasteiger partial charge is 0.267 e. The van der Waals surface area contributed by atoms with Gasteiger partial charge in [0.1, 0.15) is 18.1 Å². The summed E-state index contributed by atoms with van der Waals surface area (Å²) in [6, 6.07) is 0. The third-order valence-electron chi connectivity index (χ3n) is 1.80. The van der Waals surface area contributed by atoms with Crippen LogP contribution >= 0.6 is 0 Å². The third-order valence-corrected chi connectivity index (χ3v) is 2.29. The van der Waals surface area contributed by atoms with Gasteiger partial charge in [-0.3, -0.25) is 4.21 Å². The average molecular weight is 188 g/mol. The molecule has 4 nitrogen and oxygen atoms in total. The molecule has 0 amide bonds. The van der Waals surface area contributed by atoms with Gasteiger partial charge < -0.3 is 4.55 Å². The van der Waals surface area contributed by atoms with Crippen LogP contribution in [0.4, 0.5) is 0 Å². The summed E-state index contributed by atoms with van der Waals surface area (Å²) in [5, 5.41) is 0. The molecule has 0 aromatic carbocycles. The van der Waals surface area contributed by atoms with Gasteiger partial charge in [0.2, 0.25) is 0 Å². The lowest BCUT2D eigenvalue weighted by Gasteiger charge is -2.02. The highest BCUT2D eigenvalue weighted by atomic mass is 32.2. The molecule has 1 aromatic rings. The zero-order valence-electron chi connectivity index (χ0n) is 7.19. The normalized spacial score (nSPS) is 13.2. The molecule has 0 aliphatic heterocycles. The lowest BCUT2D eigenvalue weighted by atomic mass is 10.6. The summed E-state index contributed by atoms with van der Waals surface area (Å²) >= 11 is -2.01. The molecule has 0 saturated heterocycles. The van der Waals surface area contributed by atoms with Gasteiger partial charge in [0.25, 0.3) is 5.82 Å². The second-order valence-corrected chi connectivity index (χ2v) is 3.46. The predicted molar refractivity (Wildman–Crippen MR) is 43.9 cm³/mol. The van der Waals surface area contributed by atoms with Crippen molar-refractivity contribution in [3.05, 3.63) is 18.2 Å². The Labute approximate surface area is 74.1 Å². The summed E-state index contributed by atoms with van der Waals surface area (Å²) in [5.41, 5.74) is 0. The van der Waals surface area contributed by atoms with E-state index >= 15 is 0 Å². The zero-order valence-corrected chi connectivity index (χ0v) is 8.00. The highest BCUT2D eigenvalue weighted by molar-refractivity contribution is 7.78. The van der Waals surface area contributed by atoms with Crippen molar-refractivity contribution in [2.24, 2.45) is 7.05 Å². The summed E-state index contributed by atoms with van der Waals surface area (Å²) in [4.78, 5) is 0. The van der Waals surface area contributed by atoms with Crippen molar-refractivity contribution >= 4 is 11.1 Å². The van der Waals surface area contributed by atoms with Crippen LogP contribution in [0.2, 0.25) is 0 Å². The Morgan fingerprint density at radius 1 is 1.75 bits per heavy atom. The fourth-order valence-electron chi connectivity index (χ4n) is 1.13. The largest absolute Gasteiger partial charge is 0.772 e. The number of aryl methyl sites for hydroxylation is 2. The van der Waals surface area contributed by atoms with E-state index < -0.39 is 11.1 Å². The van der Waals surface area contributed by atoms with E-state index in [1.165, 1.54) is 0 Å². The van der Waals surface area contributed by atoms with Crippen molar-refractivity contribution in [3.63, 3.8) is 0 Å². The molecule has 68 valence electrons. The Balaban J connectivity index is 2.94. The molecule has 5 heteroatoms. The Morgan fingerprint density at radius 2 is 2.42 bits per heavy atom. The topological polar surface area (TPSA) is 48.9 Å². The molecule has 0 aliphatic carbocycles. The van der Waals surface area contributed by atoms with Crippen LogP contribution in [-0.4, -0.2) is 13.3 Å². The first-order valence-electron chi connectivity index (χ1n) is 3.74. The maximum Gasteiger partial charge on any atom is 0.267 e. The number of nitrogens with zero attached hydrogens (tertiary/aromatic N) is 2. The van der Waals surface area contributed by atoms with Crippen LogP contribution in [0.15, 0.2) is 12.4 Å². The number of rotatable bonds is 3. The summed E-state index contributed by atoms with van der Waals surface area (Å²) < 4.78 is 24.7. The quantitative estimate of drug-likeness (QED) is 0.483. The van der Waals surface area contributed by atoms with Crippen LogP contribution in [-0.2, 0) is 30.4 Å². The predicted octanol–water partition coefficient (Wildman–Crippen LogP) is -0.288. The monoisotopic (exact) mass is 188 g/mol. The molecule has 0 N–H and O–H groups in total. The van der Waals surface area contributed by atoms with E-state index in [1.807, 2.05) is 35.5 Å². The van der Waals surface area contributed by atoms with Gasteiger partial charge in [-0.15, -0.1) is 0 Å². The number of aromatic nitrogens is 2. The Hall–Kier alpha value is -0.680. The summed E-state index contributed by atoms with van der Waals surface area (Å²) in [6.45, 7) is 2.78. The minimum absolute atomic E-state index is 0.0807. The minimum atomic E-state index is -2.01. The van der Waals surface area contributed by atoms with Crippen molar-refractivity contribution in [3.8, 4) is 0 Å². The second-order valence-electron chi connectivity index (χ2n) is 2.56. The van der Waals surface area contributed by atoms with Gasteiger partial charge in [-0.25, -0.2) is 9.13 Å². The van der Waals surface area contributed by atoms with Gasteiger partial charge >= 0.3 is 0 Å². The van der Waals surface area contributed by atoms with Crippen molar-refractivity contribution in [1.82, 2.24) is 4.57 Å². The van der Waals surface area contributed by atoms with Crippen molar-refractivity contribution < 1.29 is 13.3 Å². The maximum atomic E-state index is 10.5. The molecule has 0 radical (unpaired) electrons. The van der Waals surface area contributed by atoms with Crippen LogP contribution in [0.1, 0.15) is 12.7 Å². The van der Waals surface area contributed by atoms with Gasteiger partial charge in [-0.1, -0.05) is 0 Å². The zero-order chi connectivity index (χ0) is 9.14. The van der Waals surface area contributed by atoms with Gasteiger partial charge in [0.15, 0.2) is 0 Å². The van der Waals surface area contributed by atoms with Crippen LogP contribution in [0.25, 0.3) is 0 Å². The van der Waals surface area contributed by atoms with Gasteiger partial charge in [0.05, 0.1) is 13.6 Å². The highest BCUT2D eigenvalue weighted by Crippen LogP contribution is 1.97. The summed E-state index contributed by atoms with van der Waals surface area (Å²) in [5.74, 6) is 0.892. The molecule has 0 fully saturated rings. The lowest BCUT2D eigenvalue weighted by molar-refractivity contribution is -0.677. The molecule has 0 aliphatic rings. The van der Waals surface area contributed by atoms with Gasteiger partial charge in [-0.05, 0) is 18.0 Å². The summed E-state index contributed by atoms with van der Waals surface area (Å²) in [6.07, 6.45) is 3.73. The molecule has 0 saturated carbocycles. The summed E-state index contributed by atoms with van der Waals surface area (Å²) in [7, 11) is 1.84. The van der Waals surface area contributed by atoms with E-state index in [9.17, 15) is 8.76 Å².